The standard InChI is InChI=1S/C37H48N2O10/c1-3-4-20-46-22-18-38-33(42)12-5-8-26-13-14-28-30(23-26)31(24-48-37(45)49-39-34(43)15-16-35(39)44)27-9-6-10-29(36(27)28)32(41)11-7-21-47-25(2)17-19-40/h6,9-10,13-14,23,25,31,40H,3-5,7-8,11-12,15-22,24H2,1-2H3,(H,38,42). The van der Waals surface area contributed by atoms with Crippen LogP contribution >= 0.6 is 0 Å². The monoisotopic (exact) mass is 680 g/mol. The second-order valence-electron chi connectivity index (χ2n) is 12.4. The van der Waals surface area contributed by atoms with Gasteiger partial charge in [0.05, 0.1) is 12.7 Å². The number of nitrogens with zero attached hydrogens (tertiary/aromatic N) is 1. The highest BCUT2D eigenvalue weighted by Crippen LogP contribution is 2.47. The minimum atomic E-state index is -1.17. The second kappa shape index (κ2) is 19.2. The zero-order valence-electron chi connectivity index (χ0n) is 28.5. The molecule has 4 rings (SSSR count). The van der Waals surface area contributed by atoms with Gasteiger partial charge in [0.25, 0.3) is 11.8 Å². The number of hydrogen-bond donors (Lipinski definition) is 2. The number of fused-ring (bicyclic) bond motifs is 3. The maximum atomic E-state index is 13.5. The molecule has 1 aliphatic heterocycles. The van der Waals surface area contributed by atoms with Crippen molar-refractivity contribution in [2.75, 3.05) is 39.6 Å². The molecule has 2 aromatic carbocycles. The molecular weight excluding hydrogens is 632 g/mol. The second-order valence-corrected chi connectivity index (χ2v) is 12.4. The zero-order valence-corrected chi connectivity index (χ0v) is 28.5. The van der Waals surface area contributed by atoms with Gasteiger partial charge in [0, 0.05) is 63.5 Å². The number of nitrogens with one attached hydrogen (secondary N) is 1. The molecule has 2 aromatic rings. The molecule has 266 valence electrons. The summed E-state index contributed by atoms with van der Waals surface area (Å²) < 4.78 is 16.6. The molecule has 2 unspecified atom stereocenters. The van der Waals surface area contributed by atoms with Crippen LogP contribution in [0.3, 0.4) is 0 Å². The van der Waals surface area contributed by atoms with Crippen LogP contribution in [-0.4, -0.2) is 85.5 Å². The Morgan fingerprint density at radius 3 is 2.53 bits per heavy atom. The third-order valence-electron chi connectivity index (χ3n) is 8.64. The summed E-state index contributed by atoms with van der Waals surface area (Å²) in [5.41, 5.74) is 4.85. The average Bonchev–Trinajstić information content (AvgIpc) is 3.58. The molecule has 0 aromatic heterocycles. The number of imide groups is 1. The van der Waals surface area contributed by atoms with E-state index in [4.69, 9.17) is 24.2 Å². The van der Waals surface area contributed by atoms with Crippen LogP contribution in [0.1, 0.15) is 105 Å². The Bertz CT molecular complexity index is 1460. The largest absolute Gasteiger partial charge is 0.533 e. The topological polar surface area (TPSA) is 158 Å². The molecule has 1 fully saturated rings. The van der Waals surface area contributed by atoms with E-state index in [1.165, 1.54) is 0 Å². The molecule has 1 heterocycles. The number of Topliss-reactive ketones (excluding diaryl/α,β-unsaturated/α-hetero) is 1. The van der Waals surface area contributed by atoms with Gasteiger partial charge in [-0.1, -0.05) is 54.8 Å². The third-order valence-corrected chi connectivity index (χ3v) is 8.64. The van der Waals surface area contributed by atoms with Crippen molar-refractivity contribution in [1.29, 1.82) is 0 Å². The van der Waals surface area contributed by atoms with Gasteiger partial charge in [0.1, 0.15) is 6.61 Å². The fraction of sp³-hybridized carbons (Fsp3) is 0.541. The number of benzene rings is 2. The van der Waals surface area contributed by atoms with Gasteiger partial charge in [-0.25, -0.2) is 4.79 Å². The number of aliphatic hydroxyl groups excluding tert-OH is 1. The van der Waals surface area contributed by atoms with Crippen LogP contribution in [0.5, 0.6) is 0 Å². The Labute approximate surface area is 287 Å². The van der Waals surface area contributed by atoms with E-state index < -0.39 is 23.9 Å². The number of unbranched alkanes of at least 4 members (excludes halogenated alkanes) is 1. The lowest BCUT2D eigenvalue weighted by Crippen LogP contribution is -2.32. The van der Waals surface area contributed by atoms with Gasteiger partial charge >= 0.3 is 6.16 Å². The first-order valence-corrected chi connectivity index (χ1v) is 17.3. The van der Waals surface area contributed by atoms with Gasteiger partial charge < -0.3 is 24.6 Å². The van der Waals surface area contributed by atoms with Crippen molar-refractivity contribution in [3.8, 4) is 11.1 Å². The van der Waals surface area contributed by atoms with Gasteiger partial charge in [-0.3, -0.25) is 24.0 Å². The molecule has 3 amide bonds. The molecule has 1 aliphatic carbocycles. The Morgan fingerprint density at radius 1 is 0.980 bits per heavy atom. The van der Waals surface area contributed by atoms with Crippen LogP contribution < -0.4 is 5.32 Å². The fourth-order valence-corrected chi connectivity index (χ4v) is 6.00. The molecule has 0 radical (unpaired) electrons. The smallest absolute Gasteiger partial charge is 0.432 e. The fourth-order valence-electron chi connectivity index (χ4n) is 6.00. The number of hydroxylamine groups is 2. The summed E-state index contributed by atoms with van der Waals surface area (Å²) >= 11 is 0. The molecule has 49 heavy (non-hydrogen) atoms. The Morgan fingerprint density at radius 2 is 1.78 bits per heavy atom. The number of carbonyl (C=O) groups excluding carboxylic acids is 5. The highest BCUT2D eigenvalue weighted by molar-refractivity contribution is 6.05. The molecule has 0 spiro atoms. The van der Waals surface area contributed by atoms with Crippen molar-refractivity contribution in [3.63, 3.8) is 0 Å². The first kappa shape index (κ1) is 37.7. The summed E-state index contributed by atoms with van der Waals surface area (Å²) in [7, 11) is 0. The van der Waals surface area contributed by atoms with Crippen LogP contribution in [0.25, 0.3) is 11.1 Å². The van der Waals surface area contributed by atoms with Gasteiger partial charge in [-0.05, 0) is 66.8 Å². The lowest BCUT2D eigenvalue weighted by atomic mass is 9.93. The number of amides is 3. The maximum absolute atomic E-state index is 13.5. The number of hydrogen-bond acceptors (Lipinski definition) is 10. The van der Waals surface area contributed by atoms with E-state index in [1.807, 2.05) is 31.2 Å². The number of ether oxygens (including phenoxy) is 3. The highest BCUT2D eigenvalue weighted by atomic mass is 16.8. The molecule has 12 heteroatoms. The van der Waals surface area contributed by atoms with E-state index in [0.717, 1.165) is 40.7 Å². The Hall–Kier alpha value is -4.13. The third kappa shape index (κ3) is 10.7. The van der Waals surface area contributed by atoms with Crippen LogP contribution in [-0.2, 0) is 39.9 Å². The summed E-state index contributed by atoms with van der Waals surface area (Å²) in [6.07, 6.45) is 3.69. The van der Waals surface area contributed by atoms with Gasteiger partial charge in [-0.15, -0.1) is 0 Å². The molecule has 1 saturated heterocycles. The number of aryl methyl sites for hydroxylation is 1. The minimum Gasteiger partial charge on any atom is -0.432 e. The molecule has 0 bridgehead atoms. The first-order chi connectivity index (χ1) is 23.7. The van der Waals surface area contributed by atoms with E-state index >= 15 is 0 Å². The Balaban J connectivity index is 1.45. The summed E-state index contributed by atoms with van der Waals surface area (Å²) in [6, 6.07) is 11.5. The van der Waals surface area contributed by atoms with E-state index in [0.29, 0.717) is 69.1 Å². The van der Waals surface area contributed by atoms with E-state index in [-0.39, 0.29) is 50.3 Å². The molecule has 0 saturated carbocycles. The molecule has 2 N–H and O–H groups in total. The molecule has 2 aliphatic rings. The van der Waals surface area contributed by atoms with Crippen LogP contribution in [0.2, 0.25) is 0 Å². The summed E-state index contributed by atoms with van der Waals surface area (Å²) in [4.78, 5) is 67.2. The lowest BCUT2D eigenvalue weighted by Gasteiger charge is -2.17. The van der Waals surface area contributed by atoms with Crippen LogP contribution in [0.15, 0.2) is 36.4 Å². The SMILES string of the molecule is CCCCOCCNC(=O)CCCc1ccc2c(c1)C(COC(=O)ON1C(=O)CCC1=O)c1cccc(C(=O)CCCOC(C)CCO)c1-2. The van der Waals surface area contributed by atoms with Crippen molar-refractivity contribution < 1.29 is 48.1 Å². The first-order valence-electron chi connectivity index (χ1n) is 17.3. The van der Waals surface area contributed by atoms with E-state index in [2.05, 4.69) is 12.2 Å². The number of ketones is 1. The number of aliphatic hydroxyl groups is 1. The van der Waals surface area contributed by atoms with Crippen LogP contribution in [0.4, 0.5) is 4.79 Å². The predicted octanol–water partition coefficient (Wildman–Crippen LogP) is 5.02. The van der Waals surface area contributed by atoms with Crippen LogP contribution in [0, 0.1) is 0 Å². The highest BCUT2D eigenvalue weighted by Gasteiger charge is 2.36. The van der Waals surface area contributed by atoms with E-state index in [1.54, 1.807) is 12.1 Å². The van der Waals surface area contributed by atoms with E-state index in [9.17, 15) is 24.0 Å². The molecule has 12 nitrogen and oxygen atoms in total. The maximum Gasteiger partial charge on any atom is 0.533 e. The van der Waals surface area contributed by atoms with Gasteiger partial charge in [0.2, 0.25) is 5.91 Å². The quantitative estimate of drug-likeness (QED) is 0.0794. The summed E-state index contributed by atoms with van der Waals surface area (Å²) in [6.45, 7) is 5.92. The minimum absolute atomic E-state index is 0.0298. The predicted molar refractivity (Wildman–Crippen MR) is 180 cm³/mol. The Kier molecular flexibility index (Phi) is 14.7. The number of rotatable bonds is 21. The molecular formula is C37H48N2O10. The van der Waals surface area contributed by atoms with Gasteiger partial charge in [-0.2, -0.15) is 0 Å². The van der Waals surface area contributed by atoms with Crippen molar-refractivity contribution in [1.82, 2.24) is 10.4 Å². The normalized spacial score (nSPS) is 15.6. The summed E-state index contributed by atoms with van der Waals surface area (Å²) in [5, 5.41) is 12.4. The lowest BCUT2D eigenvalue weighted by molar-refractivity contribution is -0.177. The van der Waals surface area contributed by atoms with Crippen molar-refractivity contribution >= 4 is 29.7 Å². The van der Waals surface area contributed by atoms with Crippen molar-refractivity contribution in [3.05, 3.63) is 58.7 Å². The average molecular weight is 681 g/mol. The number of carbonyl (C=O) groups is 5. The van der Waals surface area contributed by atoms with Crippen molar-refractivity contribution in [2.24, 2.45) is 0 Å². The van der Waals surface area contributed by atoms with Crippen molar-refractivity contribution in [2.45, 2.75) is 90.1 Å². The zero-order chi connectivity index (χ0) is 35.2. The van der Waals surface area contributed by atoms with Gasteiger partial charge in [0.15, 0.2) is 5.78 Å². The molecule has 2 atom stereocenters. The summed E-state index contributed by atoms with van der Waals surface area (Å²) in [5.74, 6) is -1.72.